The Hall–Kier alpha value is -2.37. The Kier molecular flexibility index (Phi) is 4.32. The molecule has 2 heterocycles. The summed E-state index contributed by atoms with van der Waals surface area (Å²) in [6, 6.07) is 5.75. The van der Waals surface area contributed by atoms with Gasteiger partial charge in [0.25, 0.3) is 0 Å². The van der Waals surface area contributed by atoms with Crippen LogP contribution in [-0.4, -0.2) is 29.7 Å². The summed E-state index contributed by atoms with van der Waals surface area (Å²) in [7, 11) is 1.62. The smallest absolute Gasteiger partial charge is 0.232 e. The number of amides is 1. The van der Waals surface area contributed by atoms with Gasteiger partial charge in [0.2, 0.25) is 11.8 Å². The second-order valence-corrected chi connectivity index (χ2v) is 5.86. The van der Waals surface area contributed by atoms with Crippen LogP contribution in [0.3, 0.4) is 0 Å². The molecule has 0 bridgehead atoms. The minimum absolute atomic E-state index is 0.0498. The van der Waals surface area contributed by atoms with E-state index in [-0.39, 0.29) is 11.8 Å². The topological polar surface area (TPSA) is 68.5 Å². The second-order valence-electron chi connectivity index (χ2n) is 5.86. The van der Waals surface area contributed by atoms with Crippen LogP contribution in [0, 0.1) is 6.92 Å². The van der Waals surface area contributed by atoms with Crippen molar-refractivity contribution in [2.24, 2.45) is 0 Å². The number of carbonyl (C=O) groups excluding carboxylic acids is 1. The minimum Gasteiger partial charge on any atom is -0.497 e. The number of ether oxygens (including phenoxy) is 1. The average molecular weight is 315 g/mol. The van der Waals surface area contributed by atoms with Crippen LogP contribution in [0.1, 0.15) is 43.0 Å². The van der Waals surface area contributed by atoms with Crippen molar-refractivity contribution in [2.45, 2.75) is 39.0 Å². The SMILES string of the molecule is CCCc1noc(C2CC(=O)N(c3cc(OC)ccc3C)C2)n1. The lowest BCUT2D eigenvalue weighted by Crippen LogP contribution is -2.25. The number of anilines is 1. The normalized spacial score (nSPS) is 17.8. The Morgan fingerprint density at radius 1 is 1.43 bits per heavy atom. The quantitative estimate of drug-likeness (QED) is 0.848. The molecule has 1 unspecified atom stereocenters. The Bertz CT molecular complexity index is 711. The maximum Gasteiger partial charge on any atom is 0.232 e. The third-order valence-electron chi connectivity index (χ3n) is 4.14. The number of aryl methyl sites for hydroxylation is 2. The molecule has 3 rings (SSSR count). The van der Waals surface area contributed by atoms with Crippen molar-refractivity contribution in [3.05, 3.63) is 35.5 Å². The molecule has 23 heavy (non-hydrogen) atoms. The van der Waals surface area contributed by atoms with Crippen LogP contribution in [0.15, 0.2) is 22.7 Å². The Labute approximate surface area is 135 Å². The van der Waals surface area contributed by atoms with Crippen molar-refractivity contribution in [1.29, 1.82) is 0 Å². The minimum atomic E-state index is -0.0498. The van der Waals surface area contributed by atoms with Gasteiger partial charge in [0.05, 0.1) is 18.7 Å². The molecule has 122 valence electrons. The average Bonchev–Trinajstić information content (AvgIpc) is 3.15. The first-order valence-corrected chi connectivity index (χ1v) is 7.89. The zero-order valence-electron chi connectivity index (χ0n) is 13.7. The highest BCUT2D eigenvalue weighted by molar-refractivity contribution is 5.97. The molecule has 6 nitrogen and oxygen atoms in total. The molecule has 1 saturated heterocycles. The molecule has 1 aliphatic rings. The maximum atomic E-state index is 12.4. The highest BCUT2D eigenvalue weighted by atomic mass is 16.5. The van der Waals surface area contributed by atoms with E-state index in [0.29, 0.717) is 24.7 Å². The second kappa shape index (κ2) is 6.40. The van der Waals surface area contributed by atoms with E-state index in [1.165, 1.54) is 0 Å². The summed E-state index contributed by atoms with van der Waals surface area (Å²) >= 11 is 0. The highest BCUT2D eigenvalue weighted by Gasteiger charge is 2.35. The van der Waals surface area contributed by atoms with Crippen molar-refractivity contribution >= 4 is 11.6 Å². The van der Waals surface area contributed by atoms with Crippen LogP contribution in [0.2, 0.25) is 0 Å². The van der Waals surface area contributed by atoms with Gasteiger partial charge >= 0.3 is 0 Å². The van der Waals surface area contributed by atoms with Crippen LogP contribution >= 0.6 is 0 Å². The molecule has 1 atom stereocenters. The van der Waals surface area contributed by atoms with Crippen LogP contribution in [0.5, 0.6) is 5.75 Å². The molecule has 0 spiro atoms. The lowest BCUT2D eigenvalue weighted by atomic mass is 10.1. The molecule has 0 saturated carbocycles. The van der Waals surface area contributed by atoms with Gasteiger partial charge in [-0.25, -0.2) is 0 Å². The van der Waals surface area contributed by atoms with Crippen molar-refractivity contribution in [3.63, 3.8) is 0 Å². The summed E-state index contributed by atoms with van der Waals surface area (Å²) in [6.45, 7) is 4.62. The van der Waals surface area contributed by atoms with E-state index in [1.54, 1.807) is 12.0 Å². The number of rotatable bonds is 5. The molecule has 1 amide bonds. The van der Waals surface area contributed by atoms with Gasteiger partial charge in [-0.05, 0) is 25.0 Å². The molecule has 0 radical (unpaired) electrons. The van der Waals surface area contributed by atoms with Crippen LogP contribution < -0.4 is 9.64 Å². The molecule has 1 aliphatic heterocycles. The van der Waals surface area contributed by atoms with Crippen molar-refractivity contribution in [1.82, 2.24) is 10.1 Å². The zero-order chi connectivity index (χ0) is 16.4. The van der Waals surface area contributed by atoms with Gasteiger partial charge in [-0.15, -0.1) is 0 Å². The van der Waals surface area contributed by atoms with Crippen molar-refractivity contribution < 1.29 is 14.1 Å². The largest absolute Gasteiger partial charge is 0.497 e. The van der Waals surface area contributed by atoms with Gasteiger partial charge < -0.3 is 14.2 Å². The van der Waals surface area contributed by atoms with E-state index in [1.807, 2.05) is 25.1 Å². The summed E-state index contributed by atoms with van der Waals surface area (Å²) in [5, 5.41) is 3.98. The molecular weight excluding hydrogens is 294 g/mol. The summed E-state index contributed by atoms with van der Waals surface area (Å²) < 4.78 is 10.6. The molecule has 1 aromatic carbocycles. The lowest BCUT2D eigenvalue weighted by molar-refractivity contribution is -0.117. The van der Waals surface area contributed by atoms with E-state index >= 15 is 0 Å². The zero-order valence-corrected chi connectivity index (χ0v) is 13.7. The predicted octanol–water partition coefficient (Wildman–Crippen LogP) is 2.86. The van der Waals surface area contributed by atoms with E-state index in [2.05, 4.69) is 17.1 Å². The third-order valence-corrected chi connectivity index (χ3v) is 4.14. The van der Waals surface area contributed by atoms with Gasteiger partial charge in [0.15, 0.2) is 5.82 Å². The summed E-state index contributed by atoms with van der Waals surface area (Å²) in [5.41, 5.74) is 1.92. The lowest BCUT2D eigenvalue weighted by Gasteiger charge is -2.19. The number of carbonyl (C=O) groups is 1. The number of nitrogens with zero attached hydrogens (tertiary/aromatic N) is 3. The number of aromatic nitrogens is 2. The molecule has 1 aromatic heterocycles. The van der Waals surface area contributed by atoms with E-state index in [4.69, 9.17) is 9.26 Å². The van der Waals surface area contributed by atoms with Gasteiger partial charge in [-0.1, -0.05) is 18.1 Å². The van der Waals surface area contributed by atoms with E-state index in [0.717, 1.165) is 29.8 Å². The van der Waals surface area contributed by atoms with Crippen molar-refractivity contribution in [2.75, 3.05) is 18.6 Å². The summed E-state index contributed by atoms with van der Waals surface area (Å²) in [5.74, 6) is 2.04. The van der Waals surface area contributed by atoms with E-state index in [9.17, 15) is 4.79 Å². The van der Waals surface area contributed by atoms with Crippen LogP contribution in [-0.2, 0) is 11.2 Å². The van der Waals surface area contributed by atoms with E-state index < -0.39 is 0 Å². The number of benzene rings is 1. The Morgan fingerprint density at radius 3 is 3.00 bits per heavy atom. The molecule has 6 heteroatoms. The fraction of sp³-hybridized carbons (Fsp3) is 0.471. The highest BCUT2D eigenvalue weighted by Crippen LogP contribution is 2.34. The fourth-order valence-corrected chi connectivity index (χ4v) is 2.87. The first-order chi connectivity index (χ1) is 11.1. The summed E-state index contributed by atoms with van der Waals surface area (Å²) in [4.78, 5) is 18.6. The van der Waals surface area contributed by atoms with Gasteiger partial charge in [0.1, 0.15) is 5.75 Å². The van der Waals surface area contributed by atoms with Gasteiger partial charge in [-0.2, -0.15) is 4.98 Å². The molecule has 0 N–H and O–H groups in total. The number of hydrogen-bond acceptors (Lipinski definition) is 5. The first kappa shape index (κ1) is 15.5. The Morgan fingerprint density at radius 2 is 2.26 bits per heavy atom. The van der Waals surface area contributed by atoms with Crippen LogP contribution in [0.4, 0.5) is 5.69 Å². The monoisotopic (exact) mass is 315 g/mol. The third kappa shape index (κ3) is 3.06. The molecule has 1 fully saturated rings. The maximum absolute atomic E-state index is 12.4. The fourth-order valence-electron chi connectivity index (χ4n) is 2.87. The first-order valence-electron chi connectivity index (χ1n) is 7.89. The van der Waals surface area contributed by atoms with Gasteiger partial charge in [-0.3, -0.25) is 4.79 Å². The number of methoxy groups -OCH3 is 1. The van der Waals surface area contributed by atoms with Crippen LogP contribution in [0.25, 0.3) is 0 Å². The molecular formula is C17H21N3O3. The Balaban J connectivity index is 1.82. The van der Waals surface area contributed by atoms with Crippen molar-refractivity contribution in [3.8, 4) is 5.75 Å². The standard InChI is InChI=1S/C17H21N3O3/c1-4-5-15-18-17(23-19-15)12-8-16(21)20(10-12)14-9-13(22-3)7-6-11(14)2/h6-7,9,12H,4-5,8,10H2,1-3H3. The predicted molar refractivity (Wildman–Crippen MR) is 85.7 cm³/mol. The van der Waals surface area contributed by atoms with Gasteiger partial charge in [0, 0.05) is 25.5 Å². The summed E-state index contributed by atoms with van der Waals surface area (Å²) in [6.07, 6.45) is 2.16. The molecule has 2 aromatic rings. The number of hydrogen-bond donors (Lipinski definition) is 0. The molecule has 0 aliphatic carbocycles.